The number of pyridine rings is 1. The SMILES string of the molecule is Cc1cc(CN2CCN(S)CC2)cc(C)n1. The normalized spacial score (nSPS) is 18.9. The van der Waals surface area contributed by atoms with Crippen LogP contribution in [0.3, 0.4) is 0 Å². The summed E-state index contributed by atoms with van der Waals surface area (Å²) in [5, 5.41) is 0. The average molecular weight is 237 g/mol. The van der Waals surface area contributed by atoms with Crippen molar-refractivity contribution in [2.24, 2.45) is 0 Å². The lowest BCUT2D eigenvalue weighted by atomic mass is 10.2. The van der Waals surface area contributed by atoms with Gasteiger partial charge in [-0.1, -0.05) is 12.8 Å². The zero-order chi connectivity index (χ0) is 11.5. The van der Waals surface area contributed by atoms with Crippen LogP contribution in [0.4, 0.5) is 0 Å². The van der Waals surface area contributed by atoms with Gasteiger partial charge < -0.3 is 0 Å². The maximum atomic E-state index is 4.40. The fourth-order valence-corrected chi connectivity index (χ4v) is 2.34. The molecule has 1 aliphatic heterocycles. The van der Waals surface area contributed by atoms with Gasteiger partial charge in [0.25, 0.3) is 0 Å². The maximum Gasteiger partial charge on any atom is 0.0379 e. The van der Waals surface area contributed by atoms with Crippen molar-refractivity contribution in [1.82, 2.24) is 14.2 Å². The highest BCUT2D eigenvalue weighted by atomic mass is 32.1. The molecule has 88 valence electrons. The molecule has 1 aromatic rings. The predicted molar refractivity (Wildman–Crippen MR) is 69.5 cm³/mol. The van der Waals surface area contributed by atoms with Gasteiger partial charge in [-0.05, 0) is 31.5 Å². The third-order valence-electron chi connectivity index (χ3n) is 2.90. The lowest BCUT2D eigenvalue weighted by molar-refractivity contribution is 0.190. The third kappa shape index (κ3) is 3.20. The van der Waals surface area contributed by atoms with Crippen LogP contribution in [0.15, 0.2) is 12.1 Å². The molecule has 1 fully saturated rings. The van der Waals surface area contributed by atoms with Crippen LogP contribution in [-0.2, 0) is 6.54 Å². The van der Waals surface area contributed by atoms with Crippen LogP contribution in [0.25, 0.3) is 0 Å². The number of nitrogens with zero attached hydrogens (tertiary/aromatic N) is 3. The van der Waals surface area contributed by atoms with Gasteiger partial charge in [-0.15, -0.1) is 0 Å². The summed E-state index contributed by atoms with van der Waals surface area (Å²) in [5.74, 6) is 0. The van der Waals surface area contributed by atoms with Crippen molar-refractivity contribution < 1.29 is 0 Å². The third-order valence-corrected chi connectivity index (χ3v) is 3.30. The van der Waals surface area contributed by atoms with E-state index in [-0.39, 0.29) is 0 Å². The smallest absolute Gasteiger partial charge is 0.0379 e. The van der Waals surface area contributed by atoms with E-state index >= 15 is 0 Å². The number of hydrogen-bond acceptors (Lipinski definition) is 4. The van der Waals surface area contributed by atoms with E-state index in [1.165, 1.54) is 5.56 Å². The molecule has 0 N–H and O–H groups in total. The van der Waals surface area contributed by atoms with Crippen molar-refractivity contribution in [3.8, 4) is 0 Å². The number of aryl methyl sites for hydroxylation is 2. The lowest BCUT2D eigenvalue weighted by Gasteiger charge is -2.31. The topological polar surface area (TPSA) is 19.4 Å². The van der Waals surface area contributed by atoms with Crippen molar-refractivity contribution in [2.75, 3.05) is 26.2 Å². The summed E-state index contributed by atoms with van der Waals surface area (Å²) in [4.78, 5) is 6.87. The van der Waals surface area contributed by atoms with E-state index < -0.39 is 0 Å². The second-order valence-electron chi connectivity index (χ2n) is 4.49. The monoisotopic (exact) mass is 237 g/mol. The van der Waals surface area contributed by atoms with E-state index in [2.05, 4.69) is 53.0 Å². The first-order valence-corrected chi connectivity index (χ1v) is 6.14. The molecule has 4 heteroatoms. The molecule has 0 saturated carbocycles. The standard InChI is InChI=1S/C12H19N3S/c1-10-7-12(8-11(2)13-10)9-14-3-5-15(16)6-4-14/h7-8,16H,3-6,9H2,1-2H3. The highest BCUT2D eigenvalue weighted by molar-refractivity contribution is 7.77. The molecule has 1 aromatic heterocycles. The molecule has 0 radical (unpaired) electrons. The quantitative estimate of drug-likeness (QED) is 0.790. The van der Waals surface area contributed by atoms with E-state index in [0.717, 1.165) is 44.1 Å². The second kappa shape index (κ2) is 5.17. The lowest BCUT2D eigenvalue weighted by Crippen LogP contribution is -2.41. The number of hydrogen-bond donors (Lipinski definition) is 1. The van der Waals surface area contributed by atoms with Gasteiger partial charge in [-0.25, -0.2) is 0 Å². The summed E-state index contributed by atoms with van der Waals surface area (Å²) in [7, 11) is 0. The maximum absolute atomic E-state index is 4.40. The Balaban J connectivity index is 1.98. The zero-order valence-electron chi connectivity index (χ0n) is 9.98. The molecule has 0 aliphatic carbocycles. The molecule has 2 heterocycles. The molecule has 3 nitrogen and oxygen atoms in total. The summed E-state index contributed by atoms with van der Waals surface area (Å²) in [6.07, 6.45) is 0. The van der Waals surface area contributed by atoms with Crippen molar-refractivity contribution in [3.63, 3.8) is 0 Å². The Morgan fingerprint density at radius 2 is 1.69 bits per heavy atom. The Hall–Kier alpha value is -0.580. The Morgan fingerprint density at radius 1 is 1.12 bits per heavy atom. The Morgan fingerprint density at radius 3 is 2.25 bits per heavy atom. The van der Waals surface area contributed by atoms with Crippen LogP contribution in [0.2, 0.25) is 0 Å². The largest absolute Gasteiger partial charge is 0.296 e. The summed E-state index contributed by atoms with van der Waals surface area (Å²) in [5.41, 5.74) is 3.60. The Bertz CT molecular complexity index is 339. The molecule has 0 atom stereocenters. The minimum atomic E-state index is 1.03. The first-order chi connectivity index (χ1) is 7.63. The first kappa shape index (κ1) is 11.9. The van der Waals surface area contributed by atoms with E-state index in [1.807, 2.05) is 0 Å². The number of rotatable bonds is 2. The van der Waals surface area contributed by atoms with Crippen LogP contribution < -0.4 is 0 Å². The van der Waals surface area contributed by atoms with Crippen molar-refractivity contribution in [3.05, 3.63) is 29.1 Å². The van der Waals surface area contributed by atoms with Crippen LogP contribution in [0.5, 0.6) is 0 Å². The van der Waals surface area contributed by atoms with Crippen LogP contribution >= 0.6 is 12.8 Å². The molecule has 1 saturated heterocycles. The van der Waals surface area contributed by atoms with Gasteiger partial charge in [-0.2, -0.15) is 0 Å². The molecule has 2 rings (SSSR count). The Kier molecular flexibility index (Phi) is 3.84. The van der Waals surface area contributed by atoms with E-state index in [4.69, 9.17) is 0 Å². The molecule has 0 spiro atoms. The molecule has 16 heavy (non-hydrogen) atoms. The molecular formula is C12H19N3S. The first-order valence-electron chi connectivity index (χ1n) is 5.74. The van der Waals surface area contributed by atoms with Gasteiger partial charge in [0.1, 0.15) is 0 Å². The van der Waals surface area contributed by atoms with Gasteiger partial charge in [0, 0.05) is 44.1 Å². The zero-order valence-corrected chi connectivity index (χ0v) is 10.9. The van der Waals surface area contributed by atoms with E-state index in [0.29, 0.717) is 0 Å². The fourth-order valence-electron chi connectivity index (χ4n) is 2.17. The van der Waals surface area contributed by atoms with Gasteiger partial charge in [-0.3, -0.25) is 14.2 Å². The molecule has 0 unspecified atom stereocenters. The van der Waals surface area contributed by atoms with Gasteiger partial charge in [0.15, 0.2) is 0 Å². The van der Waals surface area contributed by atoms with Crippen molar-refractivity contribution in [1.29, 1.82) is 0 Å². The molecule has 0 bridgehead atoms. The fraction of sp³-hybridized carbons (Fsp3) is 0.583. The van der Waals surface area contributed by atoms with Gasteiger partial charge in [0.2, 0.25) is 0 Å². The molecular weight excluding hydrogens is 218 g/mol. The highest BCUT2D eigenvalue weighted by Crippen LogP contribution is 2.11. The predicted octanol–water partition coefficient (Wildman–Crippen LogP) is 1.66. The van der Waals surface area contributed by atoms with Crippen LogP contribution in [-0.4, -0.2) is 40.4 Å². The van der Waals surface area contributed by atoms with Crippen molar-refractivity contribution in [2.45, 2.75) is 20.4 Å². The summed E-state index contributed by atoms with van der Waals surface area (Å²) in [6.45, 7) is 9.45. The average Bonchev–Trinajstić information content (AvgIpc) is 2.20. The van der Waals surface area contributed by atoms with Crippen LogP contribution in [0.1, 0.15) is 17.0 Å². The minimum absolute atomic E-state index is 1.03. The molecule has 1 aliphatic rings. The van der Waals surface area contributed by atoms with E-state index in [9.17, 15) is 0 Å². The summed E-state index contributed by atoms with van der Waals surface area (Å²) in [6, 6.07) is 4.36. The Labute approximate surface area is 103 Å². The number of aromatic nitrogens is 1. The van der Waals surface area contributed by atoms with E-state index in [1.54, 1.807) is 0 Å². The minimum Gasteiger partial charge on any atom is -0.296 e. The van der Waals surface area contributed by atoms with Gasteiger partial charge >= 0.3 is 0 Å². The van der Waals surface area contributed by atoms with Crippen LogP contribution in [0, 0.1) is 13.8 Å². The number of piperazine rings is 1. The summed E-state index contributed by atoms with van der Waals surface area (Å²) >= 11 is 4.36. The second-order valence-corrected chi connectivity index (χ2v) is 5.05. The van der Waals surface area contributed by atoms with Crippen molar-refractivity contribution >= 4 is 12.8 Å². The number of thiol groups is 1. The van der Waals surface area contributed by atoms with Gasteiger partial charge in [0.05, 0.1) is 0 Å². The molecule has 0 aromatic carbocycles. The molecule has 0 amide bonds. The summed E-state index contributed by atoms with van der Waals surface area (Å²) < 4.78 is 2.08. The highest BCUT2D eigenvalue weighted by Gasteiger charge is 2.14.